The van der Waals surface area contributed by atoms with Crippen LogP contribution in [-0.4, -0.2) is 19.9 Å². The molecule has 340 valence electrons. The van der Waals surface area contributed by atoms with E-state index in [4.69, 9.17) is 29.9 Å². The van der Waals surface area contributed by atoms with E-state index in [-0.39, 0.29) is 21.1 Å². The molecule has 3 aliphatic rings. The van der Waals surface area contributed by atoms with Gasteiger partial charge in [-0.1, -0.05) is 176 Å². The van der Waals surface area contributed by atoms with Crippen molar-refractivity contribution in [2.75, 3.05) is 4.90 Å². The van der Waals surface area contributed by atoms with Crippen LogP contribution in [0.4, 0.5) is 17.1 Å². The van der Waals surface area contributed by atoms with E-state index in [9.17, 15) is 0 Å². The number of para-hydroxylation sites is 2. The molecule has 0 radical (unpaired) electrons. The van der Waals surface area contributed by atoms with Crippen LogP contribution in [0, 0.1) is 0 Å². The van der Waals surface area contributed by atoms with E-state index < -0.39 is 0 Å². The summed E-state index contributed by atoms with van der Waals surface area (Å²) in [6.45, 7) is 0. The van der Waals surface area contributed by atoms with Gasteiger partial charge in [0.1, 0.15) is 0 Å². The van der Waals surface area contributed by atoms with Crippen molar-refractivity contribution in [1.82, 2.24) is 29.9 Å². The smallest absolute Gasteiger partial charge is 0.656 e. The standard InChI is InChI=1S/C64H39N7.Pt/c1-6-22-40(23-7-1)51-54-45-32-16-17-33-46(45)55(67-54)52(41-24-8-2-9-25-41)63-59-50(37-21-39-66-59)61(70-63)64(71(43-28-12-4-13-29-43)44-30-14-5-15-31-44)60-48-35-19-18-34-47(48)56(68-60)53(42-26-10-3-11-27-42)62-58-49(57(51)69-62)36-20-38-65-58;/h1-39H;/q-2;+2. The van der Waals surface area contributed by atoms with Gasteiger partial charge < -0.3 is 14.9 Å². The van der Waals surface area contributed by atoms with Crippen LogP contribution in [0.25, 0.3) is 122 Å². The molecule has 72 heavy (non-hydrogen) atoms. The largest absolute Gasteiger partial charge is 2.00 e. The number of hydrogen-bond donors (Lipinski definition) is 0. The third-order valence-electron chi connectivity index (χ3n) is 13.7. The first-order chi connectivity index (χ1) is 35.3. The molecule has 0 unspecified atom stereocenters. The first kappa shape index (κ1) is 43.0. The van der Waals surface area contributed by atoms with Gasteiger partial charge in [-0.05, 0) is 103 Å². The minimum atomic E-state index is 0. The van der Waals surface area contributed by atoms with Gasteiger partial charge in [0.15, 0.2) is 0 Å². The Bertz CT molecular complexity index is 4140. The van der Waals surface area contributed by atoms with Gasteiger partial charge in [0.25, 0.3) is 0 Å². The first-order valence-corrected chi connectivity index (χ1v) is 23.8. The molecule has 2 aliphatic heterocycles. The second-order valence-electron chi connectivity index (χ2n) is 17.7. The second kappa shape index (κ2) is 17.7. The Labute approximate surface area is 429 Å². The Morgan fingerprint density at radius 1 is 0.292 bits per heavy atom. The third kappa shape index (κ3) is 6.85. The summed E-state index contributed by atoms with van der Waals surface area (Å²) in [7, 11) is 0. The number of hydrogen-bond acceptors (Lipinski definition) is 5. The second-order valence-corrected chi connectivity index (χ2v) is 17.7. The van der Waals surface area contributed by atoms with Gasteiger partial charge in [0.05, 0.1) is 39.9 Å². The summed E-state index contributed by atoms with van der Waals surface area (Å²) in [5, 5.41) is 3.93. The average molecular weight is 1100 g/mol. The Morgan fingerprint density at radius 2 is 0.625 bits per heavy atom. The first-order valence-electron chi connectivity index (χ1n) is 23.8. The van der Waals surface area contributed by atoms with Crippen LogP contribution in [0.2, 0.25) is 0 Å². The van der Waals surface area contributed by atoms with Gasteiger partial charge in [-0.2, -0.15) is 0 Å². The molecule has 14 rings (SSSR count). The molecule has 0 amide bonds. The Balaban J connectivity index is 0.00000504. The molecule has 7 aromatic carbocycles. The number of rotatable bonds is 6. The molecule has 11 aromatic rings. The van der Waals surface area contributed by atoms with Crippen LogP contribution >= 0.6 is 0 Å². The quantitative estimate of drug-likeness (QED) is 0.164. The monoisotopic (exact) mass is 1100 g/mol. The Morgan fingerprint density at radius 3 is 1.06 bits per heavy atom. The van der Waals surface area contributed by atoms with E-state index in [1.807, 2.05) is 24.5 Å². The van der Waals surface area contributed by atoms with Crippen molar-refractivity contribution in [1.29, 1.82) is 0 Å². The summed E-state index contributed by atoms with van der Waals surface area (Å²) in [5.74, 6) is 0. The van der Waals surface area contributed by atoms with Gasteiger partial charge >= 0.3 is 21.1 Å². The number of pyridine rings is 2. The molecule has 0 saturated carbocycles. The SMILES string of the molecule is [Pt+2].c1ccc(-c2c3nc(c(-c4ccccc4)c4[n-]c(c(N(c5ccccc5)c5ccccc5)c5nc(c(-c6ccccc6)c6[n-]c2c2ccccc62)-c2ncccc2-5)c2ccccc42)-c2ncccc2-3)cc1. The molecule has 1 aliphatic carbocycles. The molecular weight excluding hydrogens is 1060 g/mol. The Hall–Kier alpha value is -9.03. The maximum Gasteiger partial charge on any atom is 2.00 e. The molecule has 4 aromatic heterocycles. The Kier molecular flexibility index (Phi) is 10.6. The fourth-order valence-electron chi connectivity index (χ4n) is 10.6. The zero-order valence-electron chi connectivity index (χ0n) is 38.5. The molecule has 7 nitrogen and oxygen atoms in total. The molecule has 8 heteroatoms. The molecule has 0 spiro atoms. The minimum absolute atomic E-state index is 0. The summed E-state index contributed by atoms with van der Waals surface area (Å²) in [6, 6.07) is 77.9. The van der Waals surface area contributed by atoms with Crippen LogP contribution in [-0.2, 0) is 21.1 Å². The predicted molar refractivity (Wildman–Crippen MR) is 289 cm³/mol. The van der Waals surface area contributed by atoms with E-state index >= 15 is 0 Å². The number of anilines is 3. The van der Waals surface area contributed by atoms with Crippen molar-refractivity contribution in [3.05, 3.63) is 237 Å². The van der Waals surface area contributed by atoms with Crippen molar-refractivity contribution < 1.29 is 21.1 Å². The summed E-state index contributed by atoms with van der Waals surface area (Å²) >= 11 is 0. The molecule has 6 heterocycles. The molecule has 8 bridgehead atoms. The molecule has 0 fully saturated rings. The fraction of sp³-hybridized carbons (Fsp3) is 0. The zero-order valence-corrected chi connectivity index (χ0v) is 40.7. The molecular formula is C64H39N7Pt. The number of nitrogens with zero attached hydrogens (tertiary/aromatic N) is 7. The zero-order chi connectivity index (χ0) is 46.8. The summed E-state index contributed by atoms with van der Waals surface area (Å²) in [5.41, 5.74) is 17.8. The minimum Gasteiger partial charge on any atom is -0.656 e. The summed E-state index contributed by atoms with van der Waals surface area (Å²) in [4.78, 5) is 36.3. The van der Waals surface area contributed by atoms with Crippen LogP contribution in [0.5, 0.6) is 0 Å². The van der Waals surface area contributed by atoms with Gasteiger partial charge in [-0.3, -0.25) is 9.97 Å². The number of aromatic nitrogens is 6. The third-order valence-corrected chi connectivity index (χ3v) is 13.7. The van der Waals surface area contributed by atoms with E-state index in [0.29, 0.717) is 0 Å². The van der Waals surface area contributed by atoms with Crippen LogP contribution < -0.4 is 14.9 Å². The van der Waals surface area contributed by atoms with Crippen molar-refractivity contribution in [3.8, 4) is 78.7 Å². The van der Waals surface area contributed by atoms with Crippen LogP contribution in [0.1, 0.15) is 0 Å². The topological polar surface area (TPSA) is 83.0 Å². The molecule has 0 saturated heterocycles. The predicted octanol–water partition coefficient (Wildman–Crippen LogP) is 15.8. The van der Waals surface area contributed by atoms with Crippen molar-refractivity contribution in [3.63, 3.8) is 0 Å². The van der Waals surface area contributed by atoms with Gasteiger partial charge in [0, 0.05) is 34.9 Å². The maximum absolute atomic E-state index is 5.95. The molecule has 0 N–H and O–H groups in total. The summed E-state index contributed by atoms with van der Waals surface area (Å²) in [6.07, 6.45) is 3.73. The molecule has 0 atom stereocenters. The van der Waals surface area contributed by atoms with E-state index in [0.717, 1.165) is 139 Å². The van der Waals surface area contributed by atoms with Gasteiger partial charge in [-0.15, -0.1) is 22.1 Å². The number of benzene rings is 7. The van der Waals surface area contributed by atoms with Crippen molar-refractivity contribution in [2.24, 2.45) is 0 Å². The van der Waals surface area contributed by atoms with E-state index in [2.05, 4.69) is 217 Å². The van der Waals surface area contributed by atoms with Gasteiger partial charge in [0.2, 0.25) is 0 Å². The van der Waals surface area contributed by atoms with Crippen LogP contribution in [0.3, 0.4) is 0 Å². The average Bonchev–Trinajstić information content (AvgIpc) is 4.22. The normalized spacial score (nSPS) is 11.5. The van der Waals surface area contributed by atoms with E-state index in [1.165, 1.54) is 0 Å². The van der Waals surface area contributed by atoms with Gasteiger partial charge in [-0.25, -0.2) is 9.97 Å². The maximum atomic E-state index is 5.95. The van der Waals surface area contributed by atoms with Crippen molar-refractivity contribution in [2.45, 2.75) is 0 Å². The van der Waals surface area contributed by atoms with Crippen LogP contribution in [0.15, 0.2) is 237 Å². The fourth-order valence-corrected chi connectivity index (χ4v) is 10.6. The summed E-state index contributed by atoms with van der Waals surface area (Å²) < 4.78 is 0. The van der Waals surface area contributed by atoms with E-state index in [1.54, 1.807) is 0 Å². The van der Waals surface area contributed by atoms with Crippen molar-refractivity contribution >= 4 is 60.7 Å².